The van der Waals surface area contributed by atoms with Crippen molar-refractivity contribution in [3.05, 3.63) is 21.9 Å². The SMILES string of the molecule is CC1CCCC(C(CN)N2CCc3sccc3C2C)C1. The summed E-state index contributed by atoms with van der Waals surface area (Å²) in [4.78, 5) is 4.30. The van der Waals surface area contributed by atoms with Crippen LogP contribution in [0.3, 0.4) is 0 Å². The van der Waals surface area contributed by atoms with E-state index in [2.05, 4.69) is 30.2 Å². The molecule has 2 heterocycles. The lowest BCUT2D eigenvalue weighted by Gasteiger charge is -2.44. The Labute approximate surface area is 127 Å². The Morgan fingerprint density at radius 2 is 2.25 bits per heavy atom. The van der Waals surface area contributed by atoms with Gasteiger partial charge in [-0.25, -0.2) is 0 Å². The van der Waals surface area contributed by atoms with Gasteiger partial charge in [-0.05, 0) is 55.0 Å². The average molecular weight is 292 g/mol. The van der Waals surface area contributed by atoms with Crippen molar-refractivity contribution in [1.82, 2.24) is 4.90 Å². The van der Waals surface area contributed by atoms with Gasteiger partial charge >= 0.3 is 0 Å². The zero-order valence-electron chi connectivity index (χ0n) is 12.8. The molecule has 1 aliphatic heterocycles. The molecule has 3 rings (SSSR count). The van der Waals surface area contributed by atoms with Gasteiger partial charge in [0.05, 0.1) is 0 Å². The first-order chi connectivity index (χ1) is 9.70. The molecule has 3 heteroatoms. The molecule has 2 N–H and O–H groups in total. The maximum absolute atomic E-state index is 6.20. The molecule has 4 atom stereocenters. The summed E-state index contributed by atoms with van der Waals surface area (Å²) in [7, 11) is 0. The van der Waals surface area contributed by atoms with Crippen LogP contribution in [0.25, 0.3) is 0 Å². The number of fused-ring (bicyclic) bond motifs is 1. The molecule has 1 aliphatic carbocycles. The quantitative estimate of drug-likeness (QED) is 0.917. The Kier molecular flexibility index (Phi) is 4.49. The van der Waals surface area contributed by atoms with Crippen molar-refractivity contribution in [3.63, 3.8) is 0 Å². The van der Waals surface area contributed by atoms with E-state index in [1.807, 2.05) is 11.3 Å². The predicted molar refractivity (Wildman–Crippen MR) is 87.1 cm³/mol. The number of hydrogen-bond donors (Lipinski definition) is 1. The summed E-state index contributed by atoms with van der Waals surface area (Å²) in [6, 6.07) is 3.46. The molecule has 0 saturated heterocycles. The number of nitrogens with zero attached hydrogens (tertiary/aromatic N) is 1. The molecule has 0 spiro atoms. The summed E-state index contributed by atoms with van der Waals surface area (Å²) in [5.41, 5.74) is 7.76. The fourth-order valence-corrected chi connectivity index (χ4v) is 5.37. The summed E-state index contributed by atoms with van der Waals surface area (Å²) >= 11 is 1.93. The van der Waals surface area contributed by atoms with E-state index in [9.17, 15) is 0 Å². The van der Waals surface area contributed by atoms with Crippen LogP contribution in [-0.4, -0.2) is 24.0 Å². The van der Waals surface area contributed by atoms with Gasteiger partial charge in [-0.2, -0.15) is 0 Å². The standard InChI is InChI=1S/C17H28N2S/c1-12-4-3-5-14(10-12)16(11-18)19-8-6-17-15(13(19)2)7-9-20-17/h7,9,12-14,16H,3-6,8,10-11,18H2,1-2H3. The van der Waals surface area contributed by atoms with Gasteiger partial charge in [-0.3, -0.25) is 4.90 Å². The van der Waals surface area contributed by atoms with E-state index in [1.54, 1.807) is 10.4 Å². The van der Waals surface area contributed by atoms with Gasteiger partial charge in [0.15, 0.2) is 0 Å². The van der Waals surface area contributed by atoms with E-state index in [-0.39, 0.29) is 0 Å². The smallest absolute Gasteiger partial charge is 0.0334 e. The van der Waals surface area contributed by atoms with Crippen molar-refractivity contribution >= 4 is 11.3 Å². The monoisotopic (exact) mass is 292 g/mol. The molecule has 20 heavy (non-hydrogen) atoms. The normalized spacial score (nSPS) is 32.9. The molecule has 1 aromatic heterocycles. The molecule has 1 aromatic rings. The van der Waals surface area contributed by atoms with Crippen LogP contribution in [0.4, 0.5) is 0 Å². The van der Waals surface area contributed by atoms with E-state index in [0.29, 0.717) is 12.1 Å². The number of thiophene rings is 1. The number of nitrogens with two attached hydrogens (primary N) is 1. The van der Waals surface area contributed by atoms with Gasteiger partial charge in [0, 0.05) is 30.1 Å². The topological polar surface area (TPSA) is 29.3 Å². The maximum atomic E-state index is 6.20. The van der Waals surface area contributed by atoms with Gasteiger partial charge in [-0.1, -0.05) is 19.8 Å². The molecule has 0 bridgehead atoms. The largest absolute Gasteiger partial charge is 0.329 e. The van der Waals surface area contributed by atoms with E-state index in [0.717, 1.165) is 18.4 Å². The second kappa shape index (κ2) is 6.17. The van der Waals surface area contributed by atoms with Crippen molar-refractivity contribution in [2.24, 2.45) is 17.6 Å². The molecule has 0 radical (unpaired) electrons. The molecule has 0 amide bonds. The van der Waals surface area contributed by atoms with Crippen LogP contribution in [0.1, 0.15) is 56.0 Å². The number of hydrogen-bond acceptors (Lipinski definition) is 3. The summed E-state index contributed by atoms with van der Waals surface area (Å²) in [6.45, 7) is 6.80. The van der Waals surface area contributed by atoms with Gasteiger partial charge in [0.1, 0.15) is 0 Å². The minimum absolute atomic E-state index is 0.552. The minimum atomic E-state index is 0.552. The molecule has 2 aliphatic rings. The van der Waals surface area contributed by atoms with Crippen LogP contribution < -0.4 is 5.73 Å². The van der Waals surface area contributed by atoms with Crippen LogP contribution >= 0.6 is 11.3 Å². The highest BCUT2D eigenvalue weighted by Gasteiger charge is 2.35. The molecule has 1 saturated carbocycles. The third-order valence-corrected chi connectivity index (χ3v) is 6.51. The second-order valence-electron chi connectivity index (χ2n) is 6.80. The zero-order valence-corrected chi connectivity index (χ0v) is 13.7. The zero-order chi connectivity index (χ0) is 14.1. The lowest BCUT2D eigenvalue weighted by Crippen LogP contribution is -2.50. The Morgan fingerprint density at radius 3 is 3.00 bits per heavy atom. The number of rotatable bonds is 3. The van der Waals surface area contributed by atoms with E-state index < -0.39 is 0 Å². The molecule has 1 fully saturated rings. The summed E-state index contributed by atoms with van der Waals surface area (Å²) in [5, 5.41) is 2.25. The van der Waals surface area contributed by atoms with Crippen molar-refractivity contribution in [1.29, 1.82) is 0 Å². The summed E-state index contributed by atoms with van der Waals surface area (Å²) in [5.74, 6) is 1.70. The molecular weight excluding hydrogens is 264 g/mol. The van der Waals surface area contributed by atoms with Crippen molar-refractivity contribution < 1.29 is 0 Å². The molecule has 112 valence electrons. The van der Waals surface area contributed by atoms with Gasteiger partial charge in [0.25, 0.3) is 0 Å². The molecule has 0 aromatic carbocycles. The Bertz CT molecular complexity index is 442. The fraction of sp³-hybridized carbons (Fsp3) is 0.765. The highest BCUT2D eigenvalue weighted by molar-refractivity contribution is 7.10. The van der Waals surface area contributed by atoms with E-state index >= 15 is 0 Å². The van der Waals surface area contributed by atoms with Crippen LogP contribution in [-0.2, 0) is 6.42 Å². The first-order valence-corrected chi connectivity index (χ1v) is 9.10. The molecular formula is C17H28N2S. The lowest BCUT2D eigenvalue weighted by atomic mass is 9.77. The first-order valence-electron chi connectivity index (χ1n) is 8.22. The van der Waals surface area contributed by atoms with Gasteiger partial charge in [-0.15, -0.1) is 11.3 Å². The molecule has 2 nitrogen and oxygen atoms in total. The Balaban J connectivity index is 1.76. The Hall–Kier alpha value is -0.380. The van der Waals surface area contributed by atoms with E-state index in [4.69, 9.17) is 5.73 Å². The van der Waals surface area contributed by atoms with Crippen molar-refractivity contribution in [2.45, 2.75) is 58.0 Å². The van der Waals surface area contributed by atoms with Crippen LogP contribution in [0, 0.1) is 11.8 Å². The van der Waals surface area contributed by atoms with Gasteiger partial charge < -0.3 is 5.73 Å². The highest BCUT2D eigenvalue weighted by atomic mass is 32.1. The van der Waals surface area contributed by atoms with Crippen molar-refractivity contribution in [3.8, 4) is 0 Å². The van der Waals surface area contributed by atoms with E-state index in [1.165, 1.54) is 38.6 Å². The third kappa shape index (κ3) is 2.68. The first kappa shape index (κ1) is 14.6. The maximum Gasteiger partial charge on any atom is 0.0334 e. The second-order valence-corrected chi connectivity index (χ2v) is 7.80. The molecule has 4 unspecified atom stereocenters. The minimum Gasteiger partial charge on any atom is -0.329 e. The summed E-state index contributed by atoms with van der Waals surface area (Å²) < 4.78 is 0. The third-order valence-electron chi connectivity index (χ3n) is 5.51. The fourth-order valence-electron chi connectivity index (χ4n) is 4.41. The van der Waals surface area contributed by atoms with Gasteiger partial charge in [0.2, 0.25) is 0 Å². The Morgan fingerprint density at radius 1 is 1.40 bits per heavy atom. The van der Waals surface area contributed by atoms with Crippen molar-refractivity contribution in [2.75, 3.05) is 13.1 Å². The average Bonchev–Trinajstić information content (AvgIpc) is 2.91. The van der Waals surface area contributed by atoms with Crippen LogP contribution in [0.15, 0.2) is 11.4 Å². The van der Waals surface area contributed by atoms with Crippen LogP contribution in [0.5, 0.6) is 0 Å². The predicted octanol–water partition coefficient (Wildman–Crippen LogP) is 3.82. The van der Waals surface area contributed by atoms with Crippen LogP contribution in [0.2, 0.25) is 0 Å². The lowest BCUT2D eigenvalue weighted by molar-refractivity contribution is 0.0700. The summed E-state index contributed by atoms with van der Waals surface area (Å²) in [6.07, 6.45) is 6.79. The highest BCUT2D eigenvalue weighted by Crippen LogP contribution is 2.39.